The van der Waals surface area contributed by atoms with E-state index in [0.717, 1.165) is 39.1 Å². The highest BCUT2D eigenvalue weighted by atomic mass is 79.9. The average molecular weight is 360 g/mol. The number of nitrogens with zero attached hydrogens (tertiary/aromatic N) is 1. The van der Waals surface area contributed by atoms with Crippen molar-refractivity contribution < 1.29 is 4.42 Å². The molecule has 17 heavy (non-hydrogen) atoms. The molecule has 0 radical (unpaired) electrons. The fraction of sp³-hybridized carbons (Fsp3) is 0.250. The Morgan fingerprint density at radius 1 is 1.35 bits per heavy atom. The molecule has 3 nitrogen and oxygen atoms in total. The van der Waals surface area contributed by atoms with Crippen molar-refractivity contribution >= 4 is 31.9 Å². The van der Waals surface area contributed by atoms with Gasteiger partial charge in [0, 0.05) is 27.5 Å². The van der Waals surface area contributed by atoms with Crippen LogP contribution in [0.5, 0.6) is 0 Å². The van der Waals surface area contributed by atoms with Gasteiger partial charge < -0.3 is 9.73 Å². The summed E-state index contributed by atoms with van der Waals surface area (Å²) >= 11 is 6.94. The smallest absolute Gasteiger partial charge is 0.196 e. The summed E-state index contributed by atoms with van der Waals surface area (Å²) in [4.78, 5) is 4.25. The minimum Gasteiger partial charge on any atom is -0.441 e. The standard InChI is InChI=1S/C12H12Br2N2O/c1-15-5-4-12-16-7-11(17-12)9-3-2-8(13)6-10(9)14/h2-3,6-7,15H,4-5H2,1H3. The first kappa shape index (κ1) is 12.8. The second-order valence-electron chi connectivity index (χ2n) is 3.60. The Hall–Kier alpha value is -0.650. The van der Waals surface area contributed by atoms with Crippen LogP contribution in [0, 0.1) is 0 Å². The molecule has 0 saturated heterocycles. The van der Waals surface area contributed by atoms with Gasteiger partial charge in [0.1, 0.15) is 0 Å². The third-order valence-electron chi connectivity index (χ3n) is 2.34. The van der Waals surface area contributed by atoms with Gasteiger partial charge in [0.05, 0.1) is 6.20 Å². The zero-order chi connectivity index (χ0) is 12.3. The van der Waals surface area contributed by atoms with Crippen LogP contribution in [0.3, 0.4) is 0 Å². The molecule has 1 heterocycles. The fourth-order valence-corrected chi connectivity index (χ4v) is 2.71. The SMILES string of the molecule is CNCCc1ncc(-c2ccc(Br)cc2Br)o1. The van der Waals surface area contributed by atoms with Crippen LogP contribution in [-0.2, 0) is 6.42 Å². The van der Waals surface area contributed by atoms with Crippen LogP contribution in [0.15, 0.2) is 37.8 Å². The number of likely N-dealkylation sites (N-methyl/N-ethyl adjacent to an activating group) is 1. The minimum absolute atomic E-state index is 0.754. The Morgan fingerprint density at radius 3 is 2.88 bits per heavy atom. The van der Waals surface area contributed by atoms with Gasteiger partial charge in [0.15, 0.2) is 11.7 Å². The number of hydrogen-bond acceptors (Lipinski definition) is 3. The van der Waals surface area contributed by atoms with Crippen LogP contribution >= 0.6 is 31.9 Å². The van der Waals surface area contributed by atoms with E-state index in [1.54, 1.807) is 6.20 Å². The summed E-state index contributed by atoms with van der Waals surface area (Å²) in [5, 5.41) is 3.07. The van der Waals surface area contributed by atoms with Gasteiger partial charge in [-0.15, -0.1) is 0 Å². The molecule has 5 heteroatoms. The Balaban J connectivity index is 2.24. The number of hydrogen-bond donors (Lipinski definition) is 1. The van der Waals surface area contributed by atoms with Gasteiger partial charge in [0.2, 0.25) is 0 Å². The lowest BCUT2D eigenvalue weighted by molar-refractivity contribution is 0.500. The van der Waals surface area contributed by atoms with Gasteiger partial charge in [0.25, 0.3) is 0 Å². The summed E-state index contributed by atoms with van der Waals surface area (Å²) in [7, 11) is 1.91. The Morgan fingerprint density at radius 2 is 2.18 bits per heavy atom. The Labute approximate surface area is 117 Å². The van der Waals surface area contributed by atoms with Crippen molar-refractivity contribution in [3.8, 4) is 11.3 Å². The molecule has 0 spiro atoms. The Kier molecular flexibility index (Phi) is 4.36. The Bertz CT molecular complexity index is 511. The normalized spacial score (nSPS) is 10.8. The average Bonchev–Trinajstić information content (AvgIpc) is 2.75. The molecule has 0 atom stereocenters. The first-order chi connectivity index (χ1) is 8.20. The summed E-state index contributed by atoms with van der Waals surface area (Å²) < 4.78 is 7.72. The predicted octanol–water partition coefficient (Wildman–Crippen LogP) is 3.63. The minimum atomic E-state index is 0.754. The van der Waals surface area contributed by atoms with E-state index < -0.39 is 0 Å². The number of nitrogens with one attached hydrogen (secondary N) is 1. The molecule has 0 fully saturated rings. The van der Waals surface area contributed by atoms with Crippen LogP contribution in [-0.4, -0.2) is 18.6 Å². The van der Waals surface area contributed by atoms with E-state index in [1.807, 2.05) is 25.2 Å². The molecule has 90 valence electrons. The largest absolute Gasteiger partial charge is 0.441 e. The van der Waals surface area contributed by atoms with Crippen molar-refractivity contribution in [2.75, 3.05) is 13.6 Å². The monoisotopic (exact) mass is 358 g/mol. The number of rotatable bonds is 4. The van der Waals surface area contributed by atoms with Crippen molar-refractivity contribution in [1.82, 2.24) is 10.3 Å². The van der Waals surface area contributed by atoms with E-state index >= 15 is 0 Å². The zero-order valence-corrected chi connectivity index (χ0v) is 12.5. The maximum Gasteiger partial charge on any atom is 0.196 e. The molecule has 0 bridgehead atoms. The summed E-state index contributed by atoms with van der Waals surface area (Å²) in [5.41, 5.74) is 1.01. The molecule has 1 aromatic heterocycles. The third-order valence-corrected chi connectivity index (χ3v) is 3.49. The van der Waals surface area contributed by atoms with Crippen molar-refractivity contribution in [2.45, 2.75) is 6.42 Å². The molecule has 0 unspecified atom stereocenters. The predicted molar refractivity (Wildman–Crippen MR) is 75.0 cm³/mol. The molecule has 0 aliphatic rings. The number of aromatic nitrogens is 1. The lowest BCUT2D eigenvalue weighted by atomic mass is 10.2. The van der Waals surface area contributed by atoms with Crippen molar-refractivity contribution in [3.05, 3.63) is 39.2 Å². The molecular formula is C12H12Br2N2O. The zero-order valence-electron chi connectivity index (χ0n) is 9.34. The van der Waals surface area contributed by atoms with E-state index in [2.05, 4.69) is 42.2 Å². The van der Waals surface area contributed by atoms with Gasteiger partial charge in [-0.05, 0) is 41.2 Å². The van der Waals surface area contributed by atoms with E-state index in [1.165, 1.54) is 0 Å². The highest BCUT2D eigenvalue weighted by Crippen LogP contribution is 2.31. The molecule has 0 aliphatic heterocycles. The highest BCUT2D eigenvalue weighted by molar-refractivity contribution is 9.11. The lowest BCUT2D eigenvalue weighted by Gasteiger charge is -2.01. The number of oxazole rings is 1. The molecule has 0 amide bonds. The topological polar surface area (TPSA) is 38.1 Å². The summed E-state index contributed by atoms with van der Waals surface area (Å²) in [6.45, 7) is 0.863. The van der Waals surface area contributed by atoms with Crippen LogP contribution in [0.1, 0.15) is 5.89 Å². The van der Waals surface area contributed by atoms with Crippen molar-refractivity contribution in [2.24, 2.45) is 0 Å². The molecular weight excluding hydrogens is 348 g/mol. The van der Waals surface area contributed by atoms with Gasteiger partial charge in [-0.2, -0.15) is 0 Å². The summed E-state index contributed by atoms with van der Waals surface area (Å²) in [6, 6.07) is 5.97. The molecule has 0 saturated carbocycles. The van der Waals surface area contributed by atoms with Crippen LogP contribution in [0.4, 0.5) is 0 Å². The lowest BCUT2D eigenvalue weighted by Crippen LogP contribution is -2.10. The van der Waals surface area contributed by atoms with Gasteiger partial charge in [-0.1, -0.05) is 15.9 Å². The van der Waals surface area contributed by atoms with Gasteiger partial charge in [-0.25, -0.2) is 4.98 Å². The van der Waals surface area contributed by atoms with Crippen molar-refractivity contribution in [1.29, 1.82) is 0 Å². The van der Waals surface area contributed by atoms with E-state index in [4.69, 9.17) is 4.42 Å². The molecule has 2 aromatic rings. The van der Waals surface area contributed by atoms with Gasteiger partial charge >= 0.3 is 0 Å². The molecule has 0 aliphatic carbocycles. The summed E-state index contributed by atoms with van der Waals surface area (Å²) in [6.07, 6.45) is 2.56. The quantitative estimate of drug-likeness (QED) is 0.905. The van der Waals surface area contributed by atoms with Crippen LogP contribution in [0.25, 0.3) is 11.3 Å². The second kappa shape index (κ2) is 5.80. The maximum atomic E-state index is 5.70. The number of halogens is 2. The van der Waals surface area contributed by atoms with Gasteiger partial charge in [-0.3, -0.25) is 0 Å². The fourth-order valence-electron chi connectivity index (χ4n) is 1.47. The maximum absolute atomic E-state index is 5.70. The summed E-state index contributed by atoms with van der Waals surface area (Å²) in [5.74, 6) is 1.54. The molecule has 2 rings (SSSR count). The highest BCUT2D eigenvalue weighted by Gasteiger charge is 2.09. The van der Waals surface area contributed by atoms with E-state index in [0.29, 0.717) is 0 Å². The van der Waals surface area contributed by atoms with Crippen LogP contribution in [0.2, 0.25) is 0 Å². The van der Waals surface area contributed by atoms with E-state index in [9.17, 15) is 0 Å². The number of benzene rings is 1. The van der Waals surface area contributed by atoms with Crippen molar-refractivity contribution in [3.63, 3.8) is 0 Å². The molecule has 1 N–H and O–H groups in total. The first-order valence-electron chi connectivity index (χ1n) is 5.25. The molecule has 1 aromatic carbocycles. The van der Waals surface area contributed by atoms with E-state index in [-0.39, 0.29) is 0 Å². The third kappa shape index (κ3) is 3.18. The second-order valence-corrected chi connectivity index (χ2v) is 5.37. The first-order valence-corrected chi connectivity index (χ1v) is 6.84. The van der Waals surface area contributed by atoms with Crippen LogP contribution < -0.4 is 5.32 Å².